The lowest BCUT2D eigenvalue weighted by molar-refractivity contribution is -0.131. The first-order valence-corrected chi connectivity index (χ1v) is 12.0. The number of amides is 1. The molecule has 3 fully saturated rings. The third-order valence-electron chi connectivity index (χ3n) is 7.04. The van der Waals surface area contributed by atoms with E-state index in [0.717, 1.165) is 57.7 Å². The number of piperazine rings is 1. The van der Waals surface area contributed by atoms with Crippen molar-refractivity contribution >= 4 is 17.8 Å². The fourth-order valence-corrected chi connectivity index (χ4v) is 5.28. The highest BCUT2D eigenvalue weighted by atomic mass is 16.2. The van der Waals surface area contributed by atoms with Gasteiger partial charge in [0.2, 0.25) is 11.9 Å². The zero-order chi connectivity index (χ0) is 21.5. The quantitative estimate of drug-likeness (QED) is 0.573. The van der Waals surface area contributed by atoms with Gasteiger partial charge in [-0.3, -0.25) is 9.79 Å². The number of rotatable bonds is 5. The van der Waals surface area contributed by atoms with Crippen LogP contribution in [0.1, 0.15) is 51.9 Å². The summed E-state index contributed by atoms with van der Waals surface area (Å²) in [6.45, 7) is 8.72. The van der Waals surface area contributed by atoms with E-state index in [9.17, 15) is 4.79 Å². The summed E-state index contributed by atoms with van der Waals surface area (Å²) in [6.07, 6.45) is 12.1. The van der Waals surface area contributed by atoms with Gasteiger partial charge in [0, 0.05) is 64.6 Å². The number of likely N-dealkylation sites (tertiary alicyclic amines) is 1. The van der Waals surface area contributed by atoms with Crippen molar-refractivity contribution in [2.45, 2.75) is 51.9 Å². The summed E-state index contributed by atoms with van der Waals surface area (Å²) in [4.78, 5) is 32.7. The lowest BCUT2D eigenvalue weighted by atomic mass is 9.73. The van der Waals surface area contributed by atoms with Crippen LogP contribution in [-0.4, -0.2) is 84.0 Å². The highest BCUT2D eigenvalue weighted by Crippen LogP contribution is 2.43. The Morgan fingerprint density at radius 1 is 1.03 bits per heavy atom. The first-order valence-electron chi connectivity index (χ1n) is 12.0. The van der Waals surface area contributed by atoms with Crippen LogP contribution in [0, 0.1) is 5.41 Å². The van der Waals surface area contributed by atoms with Crippen molar-refractivity contribution in [3.05, 3.63) is 18.5 Å². The van der Waals surface area contributed by atoms with E-state index < -0.39 is 0 Å². The van der Waals surface area contributed by atoms with Crippen molar-refractivity contribution in [1.82, 2.24) is 25.1 Å². The minimum atomic E-state index is 0.193. The molecule has 0 bridgehead atoms. The van der Waals surface area contributed by atoms with Crippen molar-refractivity contribution < 1.29 is 4.79 Å². The Labute approximate surface area is 186 Å². The van der Waals surface area contributed by atoms with Gasteiger partial charge < -0.3 is 20.0 Å². The Kier molecular flexibility index (Phi) is 7.25. The number of carbonyl (C=O) groups excluding carboxylic acids is 1. The van der Waals surface area contributed by atoms with Crippen LogP contribution in [-0.2, 0) is 4.79 Å². The van der Waals surface area contributed by atoms with Gasteiger partial charge in [0.15, 0.2) is 5.96 Å². The number of hydrogen-bond donors (Lipinski definition) is 1. The summed E-state index contributed by atoms with van der Waals surface area (Å²) < 4.78 is 0. The van der Waals surface area contributed by atoms with E-state index in [4.69, 9.17) is 4.99 Å². The van der Waals surface area contributed by atoms with E-state index in [1.807, 2.05) is 11.0 Å². The minimum Gasteiger partial charge on any atom is -0.357 e. The largest absolute Gasteiger partial charge is 0.357 e. The van der Waals surface area contributed by atoms with Gasteiger partial charge in [-0.25, -0.2) is 9.97 Å². The molecule has 0 radical (unpaired) electrons. The van der Waals surface area contributed by atoms with Gasteiger partial charge in [-0.2, -0.15) is 0 Å². The second kappa shape index (κ2) is 10.3. The van der Waals surface area contributed by atoms with Crippen LogP contribution in [0.5, 0.6) is 0 Å². The maximum atomic E-state index is 12.7. The topological polar surface area (TPSA) is 77.0 Å². The smallest absolute Gasteiger partial charge is 0.225 e. The van der Waals surface area contributed by atoms with Gasteiger partial charge in [-0.05, 0) is 37.7 Å². The second-order valence-electron chi connectivity index (χ2n) is 9.13. The van der Waals surface area contributed by atoms with Crippen LogP contribution >= 0.6 is 0 Å². The zero-order valence-electron chi connectivity index (χ0n) is 18.9. The number of nitrogens with zero attached hydrogens (tertiary/aromatic N) is 6. The molecule has 31 heavy (non-hydrogen) atoms. The monoisotopic (exact) mass is 427 g/mol. The predicted octanol–water partition coefficient (Wildman–Crippen LogP) is 2.14. The molecular formula is C23H37N7O. The van der Waals surface area contributed by atoms with Crippen LogP contribution < -0.4 is 10.2 Å². The molecule has 8 nitrogen and oxygen atoms in total. The SMILES string of the molecule is CCNC(=NCCC(=O)N1CCN(c2ncccn2)CC1)N1CCC2(CCCCC2)C1. The van der Waals surface area contributed by atoms with E-state index >= 15 is 0 Å². The zero-order valence-corrected chi connectivity index (χ0v) is 18.9. The van der Waals surface area contributed by atoms with Crippen molar-refractivity contribution in [3.63, 3.8) is 0 Å². The molecule has 170 valence electrons. The molecule has 1 saturated carbocycles. The fraction of sp³-hybridized carbons (Fsp3) is 0.739. The summed E-state index contributed by atoms with van der Waals surface area (Å²) in [7, 11) is 0. The normalized spacial score (nSPS) is 21.6. The molecule has 3 aliphatic rings. The summed E-state index contributed by atoms with van der Waals surface area (Å²) in [5.41, 5.74) is 0.506. The summed E-state index contributed by atoms with van der Waals surface area (Å²) in [5.74, 6) is 1.93. The summed E-state index contributed by atoms with van der Waals surface area (Å²) in [6, 6.07) is 1.82. The number of carbonyl (C=O) groups is 1. The summed E-state index contributed by atoms with van der Waals surface area (Å²) >= 11 is 0. The van der Waals surface area contributed by atoms with Gasteiger partial charge in [0.25, 0.3) is 0 Å². The molecule has 1 aliphatic carbocycles. The third kappa shape index (κ3) is 5.46. The molecule has 1 N–H and O–H groups in total. The number of nitrogens with one attached hydrogen (secondary N) is 1. The average Bonchev–Trinajstić information content (AvgIpc) is 3.22. The van der Waals surface area contributed by atoms with Crippen molar-refractivity contribution in [2.75, 3.05) is 57.3 Å². The van der Waals surface area contributed by atoms with Crippen molar-refractivity contribution in [3.8, 4) is 0 Å². The molecule has 4 rings (SSSR count). The van der Waals surface area contributed by atoms with E-state index in [2.05, 4.69) is 32.0 Å². The summed E-state index contributed by atoms with van der Waals surface area (Å²) in [5, 5.41) is 3.45. The predicted molar refractivity (Wildman–Crippen MR) is 123 cm³/mol. The molecule has 0 atom stereocenters. The van der Waals surface area contributed by atoms with Crippen molar-refractivity contribution in [2.24, 2.45) is 10.4 Å². The number of aliphatic imine (C=N–C) groups is 1. The van der Waals surface area contributed by atoms with E-state index in [1.54, 1.807) is 12.4 Å². The molecule has 0 unspecified atom stereocenters. The first-order chi connectivity index (χ1) is 15.2. The molecule has 1 aromatic heterocycles. The Bertz CT molecular complexity index is 740. The lowest BCUT2D eigenvalue weighted by Crippen LogP contribution is -2.49. The third-order valence-corrected chi connectivity index (χ3v) is 7.04. The van der Waals surface area contributed by atoms with Gasteiger partial charge >= 0.3 is 0 Å². The highest BCUT2D eigenvalue weighted by Gasteiger charge is 2.39. The number of aromatic nitrogens is 2. The maximum absolute atomic E-state index is 12.7. The second-order valence-corrected chi connectivity index (χ2v) is 9.13. The minimum absolute atomic E-state index is 0.193. The molecule has 2 aliphatic heterocycles. The molecule has 1 amide bonds. The Morgan fingerprint density at radius 3 is 2.48 bits per heavy atom. The van der Waals surface area contributed by atoms with Gasteiger partial charge in [-0.15, -0.1) is 0 Å². The van der Waals surface area contributed by atoms with Crippen molar-refractivity contribution in [1.29, 1.82) is 0 Å². The van der Waals surface area contributed by atoms with Crippen LogP contribution in [0.3, 0.4) is 0 Å². The number of guanidine groups is 1. The standard InChI is InChI=1S/C23H37N7O/c1-2-24-21(30-14-10-23(19-30)8-4-3-5-9-23)27-13-7-20(31)28-15-17-29(18-16-28)22-25-11-6-12-26-22/h6,11-12H,2-5,7-10,13-19H2,1H3,(H,24,27). The average molecular weight is 428 g/mol. The van der Waals surface area contributed by atoms with Crippen LogP contribution in [0.15, 0.2) is 23.5 Å². The molecule has 1 aromatic rings. The molecule has 1 spiro atoms. The molecule has 8 heteroatoms. The van der Waals surface area contributed by atoms with Gasteiger partial charge in [-0.1, -0.05) is 19.3 Å². The Morgan fingerprint density at radius 2 is 1.77 bits per heavy atom. The number of hydrogen-bond acceptors (Lipinski definition) is 5. The van der Waals surface area contributed by atoms with Crippen LogP contribution in [0.25, 0.3) is 0 Å². The van der Waals surface area contributed by atoms with Gasteiger partial charge in [0.1, 0.15) is 0 Å². The molecular weight excluding hydrogens is 390 g/mol. The molecule has 3 heterocycles. The van der Waals surface area contributed by atoms with Crippen LogP contribution in [0.2, 0.25) is 0 Å². The molecule has 0 aromatic carbocycles. The Hall–Kier alpha value is -2.38. The fourth-order valence-electron chi connectivity index (χ4n) is 5.28. The Balaban J connectivity index is 1.25. The molecule has 2 saturated heterocycles. The van der Waals surface area contributed by atoms with E-state index in [-0.39, 0.29) is 5.91 Å². The maximum Gasteiger partial charge on any atom is 0.225 e. The lowest BCUT2D eigenvalue weighted by Gasteiger charge is -2.34. The van der Waals surface area contributed by atoms with Gasteiger partial charge in [0.05, 0.1) is 6.54 Å². The first kappa shape index (κ1) is 21.8. The number of anilines is 1. The van der Waals surface area contributed by atoms with E-state index in [1.165, 1.54) is 38.5 Å². The van der Waals surface area contributed by atoms with E-state index in [0.29, 0.717) is 18.4 Å². The van der Waals surface area contributed by atoms with Crippen LogP contribution in [0.4, 0.5) is 5.95 Å². The highest BCUT2D eigenvalue weighted by molar-refractivity contribution is 5.81.